The van der Waals surface area contributed by atoms with Gasteiger partial charge >= 0.3 is 0 Å². The van der Waals surface area contributed by atoms with Crippen LogP contribution in [0.4, 0.5) is 11.4 Å². The Morgan fingerprint density at radius 1 is 1.41 bits per heavy atom. The molecule has 1 aromatic rings. The van der Waals surface area contributed by atoms with Crippen molar-refractivity contribution in [3.63, 3.8) is 0 Å². The van der Waals surface area contributed by atoms with Gasteiger partial charge in [0.25, 0.3) is 11.6 Å². The smallest absolute Gasteiger partial charge is 0.270 e. The molecule has 2 aliphatic rings. The number of thioether (sulfide) groups is 1. The molecule has 1 atom stereocenters. The molecule has 0 saturated carbocycles. The first-order valence-electron chi connectivity index (χ1n) is 9.07. The second-order valence-corrected chi connectivity index (χ2v) is 8.27. The number of hydrogen-bond donors (Lipinski definition) is 1. The van der Waals surface area contributed by atoms with Crippen LogP contribution in [0.5, 0.6) is 0 Å². The highest BCUT2D eigenvalue weighted by molar-refractivity contribution is 7.99. The molecule has 148 valence electrons. The van der Waals surface area contributed by atoms with Crippen LogP contribution in [0.2, 0.25) is 0 Å². The number of nitrogens with zero attached hydrogens (tertiary/aromatic N) is 3. The topological polar surface area (TPSA) is 87.9 Å². The van der Waals surface area contributed by atoms with Gasteiger partial charge in [-0.15, -0.1) is 0 Å². The van der Waals surface area contributed by atoms with Crippen molar-refractivity contribution in [1.82, 2.24) is 10.2 Å². The number of rotatable bonds is 6. The average Bonchev–Trinajstić information content (AvgIpc) is 3.16. The van der Waals surface area contributed by atoms with Gasteiger partial charge in [0, 0.05) is 62.8 Å². The van der Waals surface area contributed by atoms with Crippen LogP contribution in [0, 0.1) is 10.1 Å². The van der Waals surface area contributed by atoms with E-state index in [9.17, 15) is 14.9 Å². The van der Waals surface area contributed by atoms with Gasteiger partial charge in [-0.2, -0.15) is 11.8 Å². The van der Waals surface area contributed by atoms with Gasteiger partial charge in [0.2, 0.25) is 0 Å². The van der Waals surface area contributed by atoms with E-state index in [1.54, 1.807) is 11.0 Å². The molecule has 9 heteroatoms. The van der Waals surface area contributed by atoms with E-state index in [2.05, 4.69) is 10.2 Å². The molecule has 27 heavy (non-hydrogen) atoms. The number of ether oxygens (including phenoxy) is 1. The summed E-state index contributed by atoms with van der Waals surface area (Å²) in [5, 5.41) is 14.2. The van der Waals surface area contributed by atoms with Crippen LogP contribution in [0.15, 0.2) is 18.2 Å². The lowest BCUT2D eigenvalue weighted by atomic mass is 9.95. The van der Waals surface area contributed by atoms with Crippen LogP contribution in [0.1, 0.15) is 16.8 Å². The molecule has 2 heterocycles. The molecule has 0 aliphatic carbocycles. The molecule has 2 aliphatic heterocycles. The predicted molar refractivity (Wildman–Crippen MR) is 107 cm³/mol. The Balaban J connectivity index is 1.78. The van der Waals surface area contributed by atoms with Gasteiger partial charge in [0.15, 0.2) is 0 Å². The molecule has 2 fully saturated rings. The third-order valence-electron chi connectivity index (χ3n) is 5.26. The van der Waals surface area contributed by atoms with Crippen molar-refractivity contribution in [2.75, 3.05) is 63.3 Å². The Bertz CT molecular complexity index is 701. The fourth-order valence-electron chi connectivity index (χ4n) is 3.68. The summed E-state index contributed by atoms with van der Waals surface area (Å²) in [6, 6.07) is 4.40. The van der Waals surface area contributed by atoms with Crippen molar-refractivity contribution in [3.8, 4) is 0 Å². The van der Waals surface area contributed by atoms with Crippen LogP contribution in [0.3, 0.4) is 0 Å². The first kappa shape index (κ1) is 19.9. The third-order valence-corrected chi connectivity index (χ3v) is 6.49. The summed E-state index contributed by atoms with van der Waals surface area (Å²) in [6.07, 6.45) is 1.02. The number of carbonyl (C=O) groups is 1. The van der Waals surface area contributed by atoms with E-state index in [-0.39, 0.29) is 17.1 Å². The lowest BCUT2D eigenvalue weighted by molar-refractivity contribution is -0.384. The molecule has 1 aromatic carbocycles. The third kappa shape index (κ3) is 4.36. The fourth-order valence-corrected chi connectivity index (χ4v) is 5.16. The lowest BCUT2D eigenvalue weighted by Gasteiger charge is -2.43. The van der Waals surface area contributed by atoms with Gasteiger partial charge in [-0.3, -0.25) is 19.8 Å². The molecule has 0 radical (unpaired) electrons. The molecule has 3 rings (SSSR count). The number of nitrogens with one attached hydrogen (secondary N) is 1. The summed E-state index contributed by atoms with van der Waals surface area (Å²) in [5.41, 5.74) is 0.852. The van der Waals surface area contributed by atoms with Crippen molar-refractivity contribution < 1.29 is 14.5 Å². The molecule has 0 aromatic heterocycles. The number of nitro benzene ring substituents is 1. The van der Waals surface area contributed by atoms with Gasteiger partial charge < -0.3 is 15.0 Å². The van der Waals surface area contributed by atoms with E-state index < -0.39 is 4.92 Å². The minimum Gasteiger partial charge on any atom is -0.379 e. The maximum absolute atomic E-state index is 12.9. The van der Waals surface area contributed by atoms with E-state index in [1.807, 2.05) is 25.9 Å². The Morgan fingerprint density at radius 3 is 2.74 bits per heavy atom. The zero-order valence-electron chi connectivity index (χ0n) is 15.8. The van der Waals surface area contributed by atoms with Crippen LogP contribution >= 0.6 is 11.8 Å². The van der Waals surface area contributed by atoms with E-state index >= 15 is 0 Å². The average molecular weight is 394 g/mol. The number of benzene rings is 1. The monoisotopic (exact) mass is 394 g/mol. The number of anilines is 1. The molecular weight excluding hydrogens is 368 g/mol. The Morgan fingerprint density at radius 2 is 2.15 bits per heavy atom. The fraction of sp³-hybridized carbons (Fsp3) is 0.611. The number of morpholine rings is 1. The maximum atomic E-state index is 12.9. The van der Waals surface area contributed by atoms with Crippen LogP contribution in [-0.4, -0.2) is 79.7 Å². The molecule has 0 spiro atoms. The van der Waals surface area contributed by atoms with E-state index in [0.717, 1.165) is 44.2 Å². The Hall–Kier alpha value is -1.84. The van der Waals surface area contributed by atoms with Crippen molar-refractivity contribution in [3.05, 3.63) is 33.9 Å². The molecule has 1 amide bonds. The van der Waals surface area contributed by atoms with Gasteiger partial charge in [0.1, 0.15) is 0 Å². The lowest BCUT2D eigenvalue weighted by Crippen LogP contribution is -2.59. The summed E-state index contributed by atoms with van der Waals surface area (Å²) in [4.78, 5) is 27.8. The minimum atomic E-state index is -0.473. The number of nitro groups is 1. The van der Waals surface area contributed by atoms with Crippen molar-refractivity contribution in [1.29, 1.82) is 0 Å². The molecule has 8 nitrogen and oxygen atoms in total. The van der Waals surface area contributed by atoms with Crippen molar-refractivity contribution >= 4 is 29.0 Å². The number of amides is 1. The highest BCUT2D eigenvalue weighted by Crippen LogP contribution is 2.34. The predicted octanol–water partition coefficient (Wildman–Crippen LogP) is 1.60. The SMILES string of the molecule is CN(C)c1ccc([N+](=O)[O-])cc1C(=O)NCC1(N2CCOCC2)CCSC1. The normalized spacial score (nSPS) is 23.2. The largest absolute Gasteiger partial charge is 0.379 e. The maximum Gasteiger partial charge on any atom is 0.270 e. The summed E-state index contributed by atoms with van der Waals surface area (Å²) in [6.45, 7) is 3.72. The number of hydrogen-bond acceptors (Lipinski definition) is 7. The summed E-state index contributed by atoms with van der Waals surface area (Å²) >= 11 is 1.91. The second-order valence-electron chi connectivity index (χ2n) is 7.16. The summed E-state index contributed by atoms with van der Waals surface area (Å²) in [5.74, 6) is 1.78. The number of carbonyl (C=O) groups excluding carboxylic acids is 1. The molecule has 0 bridgehead atoms. The molecule has 1 N–H and O–H groups in total. The van der Waals surface area contributed by atoms with Gasteiger partial charge in [-0.1, -0.05) is 0 Å². The Kier molecular flexibility index (Phi) is 6.23. The highest BCUT2D eigenvalue weighted by Gasteiger charge is 2.41. The van der Waals surface area contributed by atoms with Crippen LogP contribution in [0.25, 0.3) is 0 Å². The molecule has 2 saturated heterocycles. The van der Waals surface area contributed by atoms with Gasteiger partial charge in [0.05, 0.1) is 23.7 Å². The highest BCUT2D eigenvalue weighted by atomic mass is 32.2. The minimum absolute atomic E-state index is 0.0664. The zero-order chi connectivity index (χ0) is 19.4. The van der Waals surface area contributed by atoms with E-state index in [4.69, 9.17) is 4.74 Å². The zero-order valence-corrected chi connectivity index (χ0v) is 16.6. The first-order valence-corrected chi connectivity index (χ1v) is 10.2. The van der Waals surface area contributed by atoms with Crippen molar-refractivity contribution in [2.24, 2.45) is 0 Å². The van der Waals surface area contributed by atoms with Gasteiger partial charge in [-0.25, -0.2) is 0 Å². The van der Waals surface area contributed by atoms with E-state index in [0.29, 0.717) is 17.8 Å². The summed E-state index contributed by atoms with van der Waals surface area (Å²) < 4.78 is 5.47. The van der Waals surface area contributed by atoms with Gasteiger partial charge in [-0.05, 0) is 18.2 Å². The van der Waals surface area contributed by atoms with Crippen LogP contribution in [-0.2, 0) is 4.74 Å². The van der Waals surface area contributed by atoms with E-state index in [1.165, 1.54) is 12.1 Å². The van der Waals surface area contributed by atoms with Crippen molar-refractivity contribution in [2.45, 2.75) is 12.0 Å². The van der Waals surface area contributed by atoms with Crippen LogP contribution < -0.4 is 10.2 Å². The second kappa shape index (κ2) is 8.45. The molecule has 1 unspecified atom stereocenters. The standard InChI is InChI=1S/C18H26N4O4S/c1-20(2)16-4-3-14(22(24)25)11-15(16)17(23)19-12-18(5-10-27-13-18)21-6-8-26-9-7-21/h3-4,11H,5-10,12-13H2,1-2H3,(H,19,23). The number of non-ortho nitro benzene ring substituents is 1. The quantitative estimate of drug-likeness (QED) is 0.579. The molecular formula is C18H26N4O4S. The first-order chi connectivity index (χ1) is 12.9. The summed E-state index contributed by atoms with van der Waals surface area (Å²) in [7, 11) is 3.64. The Labute approximate surface area is 163 Å².